The first-order chi connectivity index (χ1) is 12.0. The standard InChI is InChI=1S/C21H30N2O2/c1-17-7-6-10-20(15-17)16-23(18(2)24)14-12-21(25)22-13-11-19-8-4-3-5-9-19/h6-8,10,15H,3-5,9,11-14,16H2,1-2H3,(H,22,25). The number of rotatable bonds is 8. The fraction of sp³-hybridized carbons (Fsp3) is 0.524. The van der Waals surface area contributed by atoms with E-state index >= 15 is 0 Å². The molecule has 0 aliphatic heterocycles. The fourth-order valence-corrected chi connectivity index (χ4v) is 3.20. The van der Waals surface area contributed by atoms with Gasteiger partial charge in [0.15, 0.2) is 0 Å². The lowest BCUT2D eigenvalue weighted by Crippen LogP contribution is -2.33. The molecule has 0 aromatic heterocycles. The number of amides is 2. The summed E-state index contributed by atoms with van der Waals surface area (Å²) in [7, 11) is 0. The van der Waals surface area contributed by atoms with Crippen LogP contribution in [0.25, 0.3) is 0 Å². The van der Waals surface area contributed by atoms with Crippen LogP contribution in [0, 0.1) is 6.92 Å². The minimum absolute atomic E-state index is 0.00154. The van der Waals surface area contributed by atoms with Crippen molar-refractivity contribution in [3.63, 3.8) is 0 Å². The molecule has 0 saturated carbocycles. The molecule has 1 aliphatic carbocycles. The summed E-state index contributed by atoms with van der Waals surface area (Å²) in [6.45, 7) is 5.30. The first-order valence-corrected chi connectivity index (χ1v) is 9.30. The topological polar surface area (TPSA) is 49.4 Å². The third kappa shape index (κ3) is 7.12. The highest BCUT2D eigenvalue weighted by atomic mass is 16.2. The molecule has 0 saturated heterocycles. The van der Waals surface area contributed by atoms with Crippen molar-refractivity contribution in [2.45, 2.75) is 58.9 Å². The Morgan fingerprint density at radius 1 is 1.24 bits per heavy atom. The quantitative estimate of drug-likeness (QED) is 0.732. The van der Waals surface area contributed by atoms with Gasteiger partial charge in [0.05, 0.1) is 0 Å². The van der Waals surface area contributed by atoms with E-state index < -0.39 is 0 Å². The zero-order chi connectivity index (χ0) is 18.1. The average Bonchev–Trinajstić information content (AvgIpc) is 2.59. The molecule has 0 spiro atoms. The molecule has 0 heterocycles. The van der Waals surface area contributed by atoms with Crippen molar-refractivity contribution in [2.75, 3.05) is 13.1 Å². The van der Waals surface area contributed by atoms with Gasteiger partial charge in [-0.15, -0.1) is 0 Å². The lowest BCUT2D eigenvalue weighted by molar-refractivity contribution is -0.130. The summed E-state index contributed by atoms with van der Waals surface area (Å²) in [6.07, 6.45) is 8.52. The molecule has 1 aromatic carbocycles. The molecule has 1 N–H and O–H groups in total. The Bertz CT molecular complexity index is 622. The molecule has 1 aromatic rings. The lowest BCUT2D eigenvalue weighted by Gasteiger charge is -2.21. The number of allylic oxidation sites excluding steroid dienone is 1. The van der Waals surface area contributed by atoms with Crippen LogP contribution in [0.2, 0.25) is 0 Å². The molecule has 4 nitrogen and oxygen atoms in total. The Morgan fingerprint density at radius 2 is 2.08 bits per heavy atom. The van der Waals surface area contributed by atoms with E-state index in [-0.39, 0.29) is 11.8 Å². The Hall–Kier alpha value is -2.10. The van der Waals surface area contributed by atoms with Gasteiger partial charge in [-0.3, -0.25) is 9.59 Å². The number of hydrogen-bond donors (Lipinski definition) is 1. The van der Waals surface area contributed by atoms with Crippen LogP contribution >= 0.6 is 0 Å². The number of aryl methyl sites for hydroxylation is 1. The summed E-state index contributed by atoms with van der Waals surface area (Å²) in [5, 5.41) is 2.98. The predicted molar refractivity (Wildman–Crippen MR) is 101 cm³/mol. The van der Waals surface area contributed by atoms with Crippen LogP contribution in [-0.2, 0) is 16.1 Å². The minimum Gasteiger partial charge on any atom is -0.356 e. The number of hydrogen-bond acceptors (Lipinski definition) is 2. The fourth-order valence-electron chi connectivity index (χ4n) is 3.20. The van der Waals surface area contributed by atoms with Gasteiger partial charge in [0.1, 0.15) is 0 Å². The van der Waals surface area contributed by atoms with Gasteiger partial charge in [-0.2, -0.15) is 0 Å². The van der Waals surface area contributed by atoms with E-state index in [1.54, 1.807) is 11.8 Å². The minimum atomic E-state index is 0.00154. The van der Waals surface area contributed by atoms with E-state index in [4.69, 9.17) is 0 Å². The molecule has 1 aliphatic rings. The molecule has 136 valence electrons. The van der Waals surface area contributed by atoms with Gasteiger partial charge in [0.25, 0.3) is 0 Å². The third-order valence-electron chi connectivity index (χ3n) is 4.66. The van der Waals surface area contributed by atoms with Crippen molar-refractivity contribution in [1.82, 2.24) is 10.2 Å². The Kier molecular flexibility index (Phi) is 7.71. The van der Waals surface area contributed by atoms with Gasteiger partial charge >= 0.3 is 0 Å². The van der Waals surface area contributed by atoms with Crippen LogP contribution in [0.4, 0.5) is 0 Å². The van der Waals surface area contributed by atoms with Gasteiger partial charge in [-0.1, -0.05) is 41.5 Å². The zero-order valence-electron chi connectivity index (χ0n) is 15.5. The highest BCUT2D eigenvalue weighted by Crippen LogP contribution is 2.19. The predicted octanol–water partition coefficient (Wildman–Crippen LogP) is 3.74. The van der Waals surface area contributed by atoms with Gasteiger partial charge in [0.2, 0.25) is 11.8 Å². The van der Waals surface area contributed by atoms with Crippen LogP contribution < -0.4 is 5.32 Å². The van der Waals surface area contributed by atoms with Gasteiger partial charge in [0, 0.05) is 33.0 Å². The Labute approximate surface area is 151 Å². The van der Waals surface area contributed by atoms with Gasteiger partial charge < -0.3 is 10.2 Å². The van der Waals surface area contributed by atoms with Crippen molar-refractivity contribution in [1.29, 1.82) is 0 Å². The lowest BCUT2D eigenvalue weighted by atomic mass is 9.97. The molecule has 25 heavy (non-hydrogen) atoms. The molecule has 0 unspecified atom stereocenters. The SMILES string of the molecule is CC(=O)N(CCC(=O)NCCC1=CCCCC1)Cc1cccc(C)c1. The maximum atomic E-state index is 12.0. The summed E-state index contributed by atoms with van der Waals surface area (Å²) in [5.74, 6) is 0.0218. The van der Waals surface area contributed by atoms with Gasteiger partial charge in [-0.05, 0) is 44.6 Å². The van der Waals surface area contributed by atoms with E-state index in [0.29, 0.717) is 26.1 Å². The van der Waals surface area contributed by atoms with Crippen molar-refractivity contribution in [3.8, 4) is 0 Å². The molecule has 2 rings (SSSR count). The molecule has 0 radical (unpaired) electrons. The van der Waals surface area contributed by atoms with Crippen LogP contribution in [0.15, 0.2) is 35.9 Å². The second-order valence-electron chi connectivity index (χ2n) is 6.89. The highest BCUT2D eigenvalue weighted by molar-refractivity contribution is 5.78. The first-order valence-electron chi connectivity index (χ1n) is 9.30. The highest BCUT2D eigenvalue weighted by Gasteiger charge is 2.12. The summed E-state index contributed by atoms with van der Waals surface area (Å²) in [6, 6.07) is 8.13. The summed E-state index contributed by atoms with van der Waals surface area (Å²) in [5.41, 5.74) is 3.74. The third-order valence-corrected chi connectivity index (χ3v) is 4.66. The largest absolute Gasteiger partial charge is 0.356 e. The average molecular weight is 342 g/mol. The molecular weight excluding hydrogens is 312 g/mol. The summed E-state index contributed by atoms with van der Waals surface area (Å²) < 4.78 is 0. The van der Waals surface area contributed by atoms with E-state index in [0.717, 1.165) is 12.0 Å². The number of nitrogens with one attached hydrogen (secondary N) is 1. The van der Waals surface area contributed by atoms with Crippen LogP contribution in [-0.4, -0.2) is 29.8 Å². The smallest absolute Gasteiger partial charge is 0.221 e. The van der Waals surface area contributed by atoms with Crippen molar-refractivity contribution < 1.29 is 9.59 Å². The maximum absolute atomic E-state index is 12.0. The molecular formula is C21H30N2O2. The maximum Gasteiger partial charge on any atom is 0.221 e. The summed E-state index contributed by atoms with van der Waals surface area (Å²) >= 11 is 0. The van der Waals surface area contributed by atoms with E-state index in [1.807, 2.05) is 25.1 Å². The summed E-state index contributed by atoms with van der Waals surface area (Å²) in [4.78, 5) is 25.6. The second-order valence-corrected chi connectivity index (χ2v) is 6.89. The molecule has 4 heteroatoms. The van der Waals surface area contributed by atoms with E-state index in [1.165, 1.54) is 36.8 Å². The second kappa shape index (κ2) is 10.0. The molecule has 2 amide bonds. The van der Waals surface area contributed by atoms with E-state index in [9.17, 15) is 9.59 Å². The van der Waals surface area contributed by atoms with Crippen LogP contribution in [0.5, 0.6) is 0 Å². The Balaban J connectivity index is 1.73. The number of benzene rings is 1. The van der Waals surface area contributed by atoms with Crippen molar-refractivity contribution >= 4 is 11.8 Å². The number of carbonyl (C=O) groups is 2. The van der Waals surface area contributed by atoms with Gasteiger partial charge in [-0.25, -0.2) is 0 Å². The van der Waals surface area contributed by atoms with Crippen molar-refractivity contribution in [2.24, 2.45) is 0 Å². The van der Waals surface area contributed by atoms with E-state index in [2.05, 4.69) is 17.5 Å². The number of nitrogens with zero attached hydrogens (tertiary/aromatic N) is 1. The van der Waals surface area contributed by atoms with Crippen LogP contribution in [0.1, 0.15) is 56.6 Å². The monoisotopic (exact) mass is 342 g/mol. The Morgan fingerprint density at radius 3 is 2.76 bits per heavy atom. The van der Waals surface area contributed by atoms with Crippen molar-refractivity contribution in [3.05, 3.63) is 47.0 Å². The molecule has 0 fully saturated rings. The van der Waals surface area contributed by atoms with Crippen LogP contribution in [0.3, 0.4) is 0 Å². The molecule has 0 atom stereocenters. The number of carbonyl (C=O) groups excluding carboxylic acids is 2. The molecule has 0 bridgehead atoms. The normalized spacial score (nSPS) is 13.9. The zero-order valence-corrected chi connectivity index (χ0v) is 15.5. The first kappa shape index (κ1) is 19.2.